The van der Waals surface area contributed by atoms with Crippen molar-refractivity contribution in [2.45, 2.75) is 18.8 Å². The van der Waals surface area contributed by atoms with Crippen LogP contribution in [0.15, 0.2) is 54.6 Å². The number of rotatable bonds is 3. The lowest BCUT2D eigenvalue weighted by Gasteiger charge is -2.21. The quantitative estimate of drug-likeness (QED) is 0.780. The predicted molar refractivity (Wildman–Crippen MR) is 74.7 cm³/mol. The van der Waals surface area contributed by atoms with Gasteiger partial charge in [-0.25, -0.2) is 0 Å². The highest BCUT2D eigenvalue weighted by Gasteiger charge is 2.37. The molecule has 0 amide bonds. The second-order valence-electron chi connectivity index (χ2n) is 5.31. The van der Waals surface area contributed by atoms with Crippen molar-refractivity contribution in [1.29, 1.82) is 0 Å². The van der Waals surface area contributed by atoms with E-state index >= 15 is 0 Å². The maximum absolute atomic E-state index is 12.4. The summed E-state index contributed by atoms with van der Waals surface area (Å²) in [6.07, 6.45) is 0.480. The standard InChI is InChI=1S/C17H16O2/c1-17(11-15(18)13-7-3-2-4-8-13)12-19-16-10-6-5-9-14(16)17/h2-10H,11-12H2,1H3. The van der Waals surface area contributed by atoms with Crippen molar-refractivity contribution in [3.63, 3.8) is 0 Å². The number of ketones is 1. The van der Waals surface area contributed by atoms with E-state index in [4.69, 9.17) is 4.74 Å². The molecule has 96 valence electrons. The third kappa shape index (κ3) is 2.14. The lowest BCUT2D eigenvalue weighted by atomic mass is 9.79. The van der Waals surface area contributed by atoms with Crippen molar-refractivity contribution in [2.24, 2.45) is 0 Å². The topological polar surface area (TPSA) is 26.3 Å². The monoisotopic (exact) mass is 252 g/mol. The minimum absolute atomic E-state index is 0.170. The largest absolute Gasteiger partial charge is 0.492 e. The molecule has 0 bridgehead atoms. The Labute approximate surface area is 113 Å². The highest BCUT2D eigenvalue weighted by Crippen LogP contribution is 2.41. The summed E-state index contributed by atoms with van der Waals surface area (Å²) in [5.74, 6) is 1.08. The molecule has 1 unspecified atom stereocenters. The summed E-state index contributed by atoms with van der Waals surface area (Å²) in [5, 5.41) is 0. The number of carbonyl (C=O) groups is 1. The van der Waals surface area contributed by atoms with Gasteiger partial charge in [-0.1, -0.05) is 55.5 Å². The van der Waals surface area contributed by atoms with Gasteiger partial charge in [-0.2, -0.15) is 0 Å². The van der Waals surface area contributed by atoms with E-state index in [9.17, 15) is 4.79 Å². The molecule has 2 heteroatoms. The maximum atomic E-state index is 12.4. The molecule has 0 saturated carbocycles. The molecule has 1 heterocycles. The molecule has 2 aromatic rings. The van der Waals surface area contributed by atoms with E-state index < -0.39 is 0 Å². The lowest BCUT2D eigenvalue weighted by Crippen LogP contribution is -2.27. The summed E-state index contributed by atoms with van der Waals surface area (Å²) in [5.41, 5.74) is 1.69. The Bertz CT molecular complexity index is 604. The molecule has 1 aliphatic heterocycles. The van der Waals surface area contributed by atoms with E-state index in [1.807, 2.05) is 48.5 Å². The van der Waals surface area contributed by atoms with Gasteiger partial charge in [0, 0.05) is 23.0 Å². The van der Waals surface area contributed by atoms with Gasteiger partial charge in [0.05, 0.1) is 6.61 Å². The summed E-state index contributed by atoms with van der Waals surface area (Å²) < 4.78 is 5.70. The van der Waals surface area contributed by atoms with E-state index in [0.717, 1.165) is 16.9 Å². The Morgan fingerprint density at radius 1 is 1.11 bits per heavy atom. The number of carbonyl (C=O) groups excluding carboxylic acids is 1. The Hall–Kier alpha value is -2.09. The number of ether oxygens (including phenoxy) is 1. The van der Waals surface area contributed by atoms with Crippen molar-refractivity contribution in [1.82, 2.24) is 0 Å². The van der Waals surface area contributed by atoms with Gasteiger partial charge in [-0.05, 0) is 6.07 Å². The van der Waals surface area contributed by atoms with Crippen molar-refractivity contribution < 1.29 is 9.53 Å². The van der Waals surface area contributed by atoms with Gasteiger partial charge in [-0.3, -0.25) is 4.79 Å². The van der Waals surface area contributed by atoms with Gasteiger partial charge in [0.1, 0.15) is 5.75 Å². The molecule has 1 aliphatic rings. The molecule has 3 rings (SSSR count). The first-order chi connectivity index (χ1) is 9.19. The van der Waals surface area contributed by atoms with Crippen molar-refractivity contribution in [3.05, 3.63) is 65.7 Å². The molecule has 0 fully saturated rings. The molecule has 0 N–H and O–H groups in total. The summed E-state index contributed by atoms with van der Waals surface area (Å²) in [7, 11) is 0. The fraction of sp³-hybridized carbons (Fsp3) is 0.235. The Balaban J connectivity index is 1.86. The summed E-state index contributed by atoms with van der Waals surface area (Å²) >= 11 is 0. The van der Waals surface area contributed by atoms with Gasteiger partial charge in [0.2, 0.25) is 0 Å². The molecule has 19 heavy (non-hydrogen) atoms. The first-order valence-corrected chi connectivity index (χ1v) is 6.50. The Morgan fingerprint density at radius 3 is 2.58 bits per heavy atom. The van der Waals surface area contributed by atoms with E-state index in [0.29, 0.717) is 13.0 Å². The van der Waals surface area contributed by atoms with Crippen LogP contribution in [-0.4, -0.2) is 12.4 Å². The van der Waals surface area contributed by atoms with E-state index in [2.05, 4.69) is 13.0 Å². The Kier molecular flexibility index (Phi) is 2.86. The van der Waals surface area contributed by atoms with Crippen LogP contribution in [-0.2, 0) is 5.41 Å². The minimum atomic E-state index is -0.219. The van der Waals surface area contributed by atoms with Crippen LogP contribution >= 0.6 is 0 Å². The summed E-state index contributed by atoms with van der Waals surface area (Å²) in [6, 6.07) is 17.4. The molecule has 0 aromatic heterocycles. The Morgan fingerprint density at radius 2 is 1.79 bits per heavy atom. The fourth-order valence-electron chi connectivity index (χ4n) is 2.63. The molecule has 0 saturated heterocycles. The zero-order chi connectivity index (χ0) is 13.3. The van der Waals surface area contributed by atoms with Crippen LogP contribution in [0.3, 0.4) is 0 Å². The predicted octanol–water partition coefficient (Wildman–Crippen LogP) is 3.61. The van der Waals surface area contributed by atoms with Crippen LogP contribution in [0, 0.1) is 0 Å². The minimum Gasteiger partial charge on any atom is -0.492 e. The fourth-order valence-corrected chi connectivity index (χ4v) is 2.63. The van der Waals surface area contributed by atoms with Crippen LogP contribution in [0.25, 0.3) is 0 Å². The van der Waals surface area contributed by atoms with E-state index in [-0.39, 0.29) is 11.2 Å². The number of fused-ring (bicyclic) bond motifs is 1. The smallest absolute Gasteiger partial charge is 0.163 e. The van der Waals surface area contributed by atoms with Gasteiger partial charge in [-0.15, -0.1) is 0 Å². The van der Waals surface area contributed by atoms with E-state index in [1.165, 1.54) is 0 Å². The summed E-state index contributed by atoms with van der Waals surface area (Å²) in [4.78, 5) is 12.4. The first-order valence-electron chi connectivity index (χ1n) is 6.50. The molecule has 2 aromatic carbocycles. The first kappa shape index (κ1) is 12.0. The average molecular weight is 252 g/mol. The van der Waals surface area contributed by atoms with Crippen LogP contribution in [0.1, 0.15) is 29.3 Å². The van der Waals surface area contributed by atoms with Gasteiger partial charge < -0.3 is 4.74 Å². The number of para-hydroxylation sites is 1. The number of Topliss-reactive ketones (excluding diaryl/α,β-unsaturated/α-hetero) is 1. The zero-order valence-electron chi connectivity index (χ0n) is 10.9. The van der Waals surface area contributed by atoms with Gasteiger partial charge >= 0.3 is 0 Å². The third-order valence-corrected chi connectivity index (χ3v) is 3.73. The SMILES string of the molecule is CC1(CC(=O)c2ccccc2)COc2ccccc21. The number of hydrogen-bond acceptors (Lipinski definition) is 2. The van der Waals surface area contributed by atoms with Gasteiger partial charge in [0.25, 0.3) is 0 Å². The lowest BCUT2D eigenvalue weighted by molar-refractivity contribution is 0.0944. The summed E-state index contributed by atoms with van der Waals surface area (Å²) in [6.45, 7) is 2.67. The molecular weight excluding hydrogens is 236 g/mol. The molecule has 0 spiro atoms. The molecule has 0 aliphatic carbocycles. The van der Waals surface area contributed by atoms with Crippen LogP contribution in [0.5, 0.6) is 5.75 Å². The van der Waals surface area contributed by atoms with Crippen molar-refractivity contribution >= 4 is 5.78 Å². The van der Waals surface area contributed by atoms with E-state index in [1.54, 1.807) is 0 Å². The van der Waals surface area contributed by atoms with Crippen LogP contribution in [0.2, 0.25) is 0 Å². The normalized spacial score (nSPS) is 20.7. The van der Waals surface area contributed by atoms with Crippen LogP contribution in [0.4, 0.5) is 0 Å². The highest BCUT2D eigenvalue weighted by molar-refractivity contribution is 5.97. The average Bonchev–Trinajstić information content (AvgIpc) is 2.78. The van der Waals surface area contributed by atoms with Crippen molar-refractivity contribution in [3.8, 4) is 5.75 Å². The number of hydrogen-bond donors (Lipinski definition) is 0. The van der Waals surface area contributed by atoms with Crippen LogP contribution < -0.4 is 4.74 Å². The highest BCUT2D eigenvalue weighted by atomic mass is 16.5. The second kappa shape index (κ2) is 4.54. The zero-order valence-corrected chi connectivity index (χ0v) is 10.9. The third-order valence-electron chi connectivity index (χ3n) is 3.73. The van der Waals surface area contributed by atoms with Gasteiger partial charge in [0.15, 0.2) is 5.78 Å². The number of benzene rings is 2. The second-order valence-corrected chi connectivity index (χ2v) is 5.31. The maximum Gasteiger partial charge on any atom is 0.163 e. The molecule has 1 atom stereocenters. The molecule has 0 radical (unpaired) electrons. The molecule has 2 nitrogen and oxygen atoms in total. The van der Waals surface area contributed by atoms with Crippen molar-refractivity contribution in [2.75, 3.05) is 6.61 Å². The molecular formula is C17H16O2.